The van der Waals surface area contributed by atoms with E-state index in [1.54, 1.807) is 13.0 Å². The summed E-state index contributed by atoms with van der Waals surface area (Å²) in [7, 11) is 0. The Labute approximate surface area is 98.9 Å². The van der Waals surface area contributed by atoms with Gasteiger partial charge in [0, 0.05) is 12.5 Å². The van der Waals surface area contributed by atoms with Gasteiger partial charge in [-0.3, -0.25) is 4.79 Å². The molecule has 0 aliphatic carbocycles. The van der Waals surface area contributed by atoms with Crippen LogP contribution in [0.15, 0.2) is 28.7 Å². The second kappa shape index (κ2) is 4.41. The van der Waals surface area contributed by atoms with E-state index in [9.17, 15) is 4.79 Å². The molecule has 0 saturated carbocycles. The van der Waals surface area contributed by atoms with Crippen molar-refractivity contribution in [2.24, 2.45) is 0 Å². The third kappa shape index (κ3) is 2.36. The Kier molecular flexibility index (Phi) is 2.95. The van der Waals surface area contributed by atoms with Gasteiger partial charge in [-0.05, 0) is 12.5 Å². The van der Waals surface area contributed by atoms with Gasteiger partial charge in [0.2, 0.25) is 0 Å². The molecule has 2 rings (SSSR count). The summed E-state index contributed by atoms with van der Waals surface area (Å²) in [4.78, 5) is 15.1. The van der Waals surface area contributed by atoms with E-state index in [4.69, 9.17) is 9.52 Å². The van der Waals surface area contributed by atoms with Crippen molar-refractivity contribution in [1.82, 2.24) is 4.98 Å². The minimum Gasteiger partial charge on any atom is -0.481 e. The van der Waals surface area contributed by atoms with Gasteiger partial charge in [0.05, 0.1) is 6.42 Å². The molecule has 2 aromatic rings. The number of rotatable bonds is 3. The van der Waals surface area contributed by atoms with E-state index in [0.717, 1.165) is 16.8 Å². The fourth-order valence-corrected chi connectivity index (χ4v) is 1.85. The van der Waals surface area contributed by atoms with E-state index in [1.807, 2.05) is 25.1 Å². The molecule has 0 radical (unpaired) electrons. The van der Waals surface area contributed by atoms with E-state index >= 15 is 0 Å². The van der Waals surface area contributed by atoms with E-state index in [0.29, 0.717) is 11.7 Å². The Bertz CT molecular complexity index is 558. The molecule has 1 heterocycles. The first-order chi connectivity index (χ1) is 8.08. The van der Waals surface area contributed by atoms with E-state index in [1.165, 1.54) is 0 Å². The molecular formula is C13H13NO3. The van der Waals surface area contributed by atoms with Crippen LogP contribution in [0.2, 0.25) is 0 Å². The van der Waals surface area contributed by atoms with Gasteiger partial charge >= 0.3 is 5.97 Å². The monoisotopic (exact) mass is 231 g/mol. The number of carboxylic acids is 1. The molecule has 88 valence electrons. The van der Waals surface area contributed by atoms with E-state index in [-0.39, 0.29) is 6.42 Å². The van der Waals surface area contributed by atoms with Crippen molar-refractivity contribution < 1.29 is 14.3 Å². The molecule has 0 atom stereocenters. The molecule has 0 bridgehead atoms. The zero-order valence-electron chi connectivity index (χ0n) is 9.73. The molecule has 0 aliphatic heterocycles. The molecule has 0 saturated heterocycles. The number of nitrogens with zero attached hydrogens (tertiary/aromatic N) is 1. The van der Waals surface area contributed by atoms with Gasteiger partial charge in [-0.25, -0.2) is 4.98 Å². The SMILES string of the molecule is Cc1nc(-c2ccccc2CC(=O)O)c(C)o1. The zero-order chi connectivity index (χ0) is 12.4. The molecule has 1 aromatic carbocycles. The first-order valence-corrected chi connectivity index (χ1v) is 5.32. The van der Waals surface area contributed by atoms with Gasteiger partial charge in [0.1, 0.15) is 11.5 Å². The molecule has 0 amide bonds. The fourth-order valence-electron chi connectivity index (χ4n) is 1.85. The molecule has 0 fully saturated rings. The maximum atomic E-state index is 10.8. The van der Waals surface area contributed by atoms with Crippen LogP contribution >= 0.6 is 0 Å². The number of aliphatic carboxylic acids is 1. The Morgan fingerprint density at radius 3 is 2.65 bits per heavy atom. The lowest BCUT2D eigenvalue weighted by atomic mass is 10.0. The van der Waals surface area contributed by atoms with Crippen LogP contribution in [-0.2, 0) is 11.2 Å². The number of benzene rings is 1. The van der Waals surface area contributed by atoms with Crippen LogP contribution in [0.3, 0.4) is 0 Å². The molecule has 0 aliphatic rings. The first-order valence-electron chi connectivity index (χ1n) is 5.32. The largest absolute Gasteiger partial charge is 0.481 e. The standard InChI is InChI=1S/C13H13NO3/c1-8-13(14-9(2)17-8)11-6-4-3-5-10(11)7-12(15)16/h3-6H,7H2,1-2H3,(H,15,16). The normalized spacial score (nSPS) is 10.5. The summed E-state index contributed by atoms with van der Waals surface area (Å²) in [6, 6.07) is 7.35. The van der Waals surface area contributed by atoms with Crippen LogP contribution in [0.1, 0.15) is 17.2 Å². The Morgan fingerprint density at radius 1 is 1.35 bits per heavy atom. The lowest BCUT2D eigenvalue weighted by molar-refractivity contribution is -0.136. The second-order valence-corrected chi connectivity index (χ2v) is 3.87. The topological polar surface area (TPSA) is 63.3 Å². The van der Waals surface area contributed by atoms with Gasteiger partial charge in [-0.1, -0.05) is 24.3 Å². The average Bonchev–Trinajstić information content (AvgIpc) is 2.58. The average molecular weight is 231 g/mol. The molecule has 0 spiro atoms. The van der Waals surface area contributed by atoms with Gasteiger partial charge in [-0.15, -0.1) is 0 Å². The van der Waals surface area contributed by atoms with Crippen molar-refractivity contribution in [3.8, 4) is 11.3 Å². The van der Waals surface area contributed by atoms with Crippen LogP contribution < -0.4 is 0 Å². The Balaban J connectivity index is 2.51. The summed E-state index contributed by atoms with van der Waals surface area (Å²) in [5.74, 6) is 0.443. The Morgan fingerprint density at radius 2 is 2.06 bits per heavy atom. The van der Waals surface area contributed by atoms with Gasteiger partial charge in [0.15, 0.2) is 5.89 Å². The summed E-state index contributed by atoms with van der Waals surface area (Å²) in [5, 5.41) is 8.87. The zero-order valence-corrected chi connectivity index (χ0v) is 9.73. The van der Waals surface area contributed by atoms with Crippen molar-refractivity contribution in [3.05, 3.63) is 41.5 Å². The van der Waals surface area contributed by atoms with Crippen LogP contribution in [0, 0.1) is 13.8 Å². The van der Waals surface area contributed by atoms with Crippen molar-refractivity contribution in [3.63, 3.8) is 0 Å². The molecular weight excluding hydrogens is 218 g/mol. The minimum atomic E-state index is -0.852. The number of carbonyl (C=O) groups is 1. The number of aryl methyl sites for hydroxylation is 2. The maximum Gasteiger partial charge on any atom is 0.307 e. The predicted octanol–water partition coefficient (Wildman–Crippen LogP) is 2.59. The van der Waals surface area contributed by atoms with Crippen LogP contribution in [0.4, 0.5) is 0 Å². The third-order valence-electron chi connectivity index (χ3n) is 2.52. The fraction of sp³-hybridized carbons (Fsp3) is 0.231. The van der Waals surface area contributed by atoms with Crippen LogP contribution in [-0.4, -0.2) is 16.1 Å². The van der Waals surface area contributed by atoms with E-state index < -0.39 is 5.97 Å². The van der Waals surface area contributed by atoms with Crippen molar-refractivity contribution in [1.29, 1.82) is 0 Å². The highest BCUT2D eigenvalue weighted by Crippen LogP contribution is 2.26. The smallest absolute Gasteiger partial charge is 0.307 e. The van der Waals surface area contributed by atoms with E-state index in [2.05, 4.69) is 4.98 Å². The number of carboxylic acid groups (broad SMARTS) is 1. The highest BCUT2D eigenvalue weighted by atomic mass is 16.4. The van der Waals surface area contributed by atoms with Crippen LogP contribution in [0.5, 0.6) is 0 Å². The summed E-state index contributed by atoms with van der Waals surface area (Å²) in [6.07, 6.45) is -0.0124. The number of aromatic nitrogens is 1. The predicted molar refractivity (Wildman–Crippen MR) is 62.8 cm³/mol. The molecule has 0 unspecified atom stereocenters. The van der Waals surface area contributed by atoms with Gasteiger partial charge in [-0.2, -0.15) is 0 Å². The van der Waals surface area contributed by atoms with Crippen molar-refractivity contribution >= 4 is 5.97 Å². The highest BCUT2D eigenvalue weighted by molar-refractivity contribution is 5.75. The van der Waals surface area contributed by atoms with Crippen LogP contribution in [0.25, 0.3) is 11.3 Å². The second-order valence-electron chi connectivity index (χ2n) is 3.87. The molecule has 17 heavy (non-hydrogen) atoms. The summed E-state index contributed by atoms with van der Waals surface area (Å²) in [6.45, 7) is 3.60. The number of oxazole rings is 1. The number of hydrogen-bond donors (Lipinski definition) is 1. The first kappa shape index (κ1) is 11.4. The van der Waals surface area contributed by atoms with Gasteiger partial charge < -0.3 is 9.52 Å². The molecule has 1 N–H and O–H groups in total. The lowest BCUT2D eigenvalue weighted by Gasteiger charge is -2.04. The maximum absolute atomic E-state index is 10.8. The Hall–Kier alpha value is -2.10. The quantitative estimate of drug-likeness (QED) is 0.881. The lowest BCUT2D eigenvalue weighted by Crippen LogP contribution is -2.02. The van der Waals surface area contributed by atoms with Crippen molar-refractivity contribution in [2.75, 3.05) is 0 Å². The van der Waals surface area contributed by atoms with Gasteiger partial charge in [0.25, 0.3) is 0 Å². The third-order valence-corrected chi connectivity index (χ3v) is 2.52. The minimum absolute atomic E-state index is 0.0124. The van der Waals surface area contributed by atoms with Crippen molar-refractivity contribution in [2.45, 2.75) is 20.3 Å². The summed E-state index contributed by atoms with van der Waals surface area (Å²) < 4.78 is 5.37. The molecule has 4 nitrogen and oxygen atoms in total. The number of hydrogen-bond acceptors (Lipinski definition) is 3. The molecule has 1 aromatic heterocycles. The molecule has 4 heteroatoms. The highest BCUT2D eigenvalue weighted by Gasteiger charge is 2.14. The summed E-state index contributed by atoms with van der Waals surface area (Å²) >= 11 is 0. The summed E-state index contributed by atoms with van der Waals surface area (Å²) in [5.41, 5.74) is 2.29.